The van der Waals surface area contributed by atoms with Gasteiger partial charge in [-0.15, -0.1) is 0 Å². The Morgan fingerprint density at radius 2 is 1.67 bits per heavy atom. The van der Waals surface area contributed by atoms with Gasteiger partial charge in [-0.1, -0.05) is 17.3 Å². The van der Waals surface area contributed by atoms with Crippen LogP contribution < -0.4 is 23.7 Å². The van der Waals surface area contributed by atoms with E-state index in [-0.39, 0.29) is 28.8 Å². The van der Waals surface area contributed by atoms with Crippen molar-refractivity contribution in [2.75, 3.05) is 26.1 Å². The van der Waals surface area contributed by atoms with Gasteiger partial charge in [0.05, 0.1) is 21.3 Å². The second-order valence-electron chi connectivity index (χ2n) is 6.75. The molecule has 0 amide bonds. The molecule has 2 aromatic carbocycles. The molecule has 0 saturated carbocycles. The average Bonchev–Trinajstić information content (AvgIpc) is 3.24. The Bertz CT molecular complexity index is 1390. The SMILES string of the molecule is COc1cc(COc2cccc(OC)c2S(=O)(=O)Nc2noc3cccc(OC)c23)ccn1. The summed E-state index contributed by atoms with van der Waals surface area (Å²) in [4.78, 5) is 3.87. The van der Waals surface area contributed by atoms with Crippen LogP contribution in [0.1, 0.15) is 5.56 Å². The molecule has 0 aliphatic rings. The number of sulfonamides is 1. The van der Waals surface area contributed by atoms with Crippen molar-refractivity contribution in [1.82, 2.24) is 10.1 Å². The number of nitrogens with one attached hydrogen (secondary N) is 1. The molecule has 0 aliphatic carbocycles. The van der Waals surface area contributed by atoms with Crippen LogP contribution in [0.15, 0.2) is 64.1 Å². The van der Waals surface area contributed by atoms with Gasteiger partial charge in [-0.05, 0) is 35.9 Å². The zero-order valence-corrected chi connectivity index (χ0v) is 18.9. The van der Waals surface area contributed by atoms with Crippen LogP contribution >= 0.6 is 0 Å². The van der Waals surface area contributed by atoms with Crippen LogP contribution in [0, 0.1) is 0 Å². The lowest BCUT2D eigenvalue weighted by Crippen LogP contribution is -2.16. The van der Waals surface area contributed by atoms with E-state index in [4.69, 9.17) is 23.5 Å². The van der Waals surface area contributed by atoms with Gasteiger partial charge in [0, 0.05) is 12.3 Å². The summed E-state index contributed by atoms with van der Waals surface area (Å²) in [5, 5.41) is 4.26. The van der Waals surface area contributed by atoms with Crippen LogP contribution in [-0.2, 0) is 16.6 Å². The molecule has 0 fully saturated rings. The van der Waals surface area contributed by atoms with Gasteiger partial charge in [-0.2, -0.15) is 0 Å². The summed E-state index contributed by atoms with van der Waals surface area (Å²) in [7, 11) is 0.150. The molecule has 0 bridgehead atoms. The van der Waals surface area contributed by atoms with Crippen molar-refractivity contribution >= 4 is 26.8 Å². The van der Waals surface area contributed by atoms with Gasteiger partial charge in [0.25, 0.3) is 10.0 Å². The van der Waals surface area contributed by atoms with Crippen molar-refractivity contribution in [2.24, 2.45) is 0 Å². The molecule has 0 spiro atoms. The second kappa shape index (κ2) is 9.25. The summed E-state index contributed by atoms with van der Waals surface area (Å²) >= 11 is 0. The molecule has 10 nitrogen and oxygen atoms in total. The Kier molecular flexibility index (Phi) is 6.22. The smallest absolute Gasteiger partial charge is 0.270 e. The first kappa shape index (κ1) is 22.2. The monoisotopic (exact) mass is 471 g/mol. The van der Waals surface area contributed by atoms with Crippen LogP contribution in [0.3, 0.4) is 0 Å². The molecule has 0 radical (unpaired) electrons. The minimum atomic E-state index is -4.21. The highest BCUT2D eigenvalue weighted by Crippen LogP contribution is 2.37. The molecule has 2 heterocycles. The third-order valence-electron chi connectivity index (χ3n) is 4.75. The van der Waals surface area contributed by atoms with Gasteiger partial charge in [0.1, 0.15) is 29.2 Å². The van der Waals surface area contributed by atoms with E-state index in [0.717, 1.165) is 5.56 Å². The molecule has 2 aromatic heterocycles. The van der Waals surface area contributed by atoms with Crippen molar-refractivity contribution in [3.05, 3.63) is 60.3 Å². The van der Waals surface area contributed by atoms with Gasteiger partial charge in [0.15, 0.2) is 16.3 Å². The largest absolute Gasteiger partial charge is 0.496 e. The fraction of sp³-hybridized carbons (Fsp3) is 0.182. The zero-order valence-electron chi connectivity index (χ0n) is 18.1. The van der Waals surface area contributed by atoms with Crippen molar-refractivity contribution in [1.29, 1.82) is 0 Å². The predicted octanol–water partition coefficient (Wildman–Crippen LogP) is 3.63. The Labute approximate surface area is 190 Å². The normalized spacial score (nSPS) is 11.2. The van der Waals surface area contributed by atoms with E-state index >= 15 is 0 Å². The first-order chi connectivity index (χ1) is 16.0. The highest BCUT2D eigenvalue weighted by molar-refractivity contribution is 7.93. The fourth-order valence-electron chi connectivity index (χ4n) is 3.23. The number of nitrogens with zero attached hydrogens (tertiary/aromatic N) is 2. The number of aromatic nitrogens is 2. The lowest BCUT2D eigenvalue weighted by molar-refractivity contribution is 0.291. The van der Waals surface area contributed by atoms with Crippen LogP contribution in [0.25, 0.3) is 11.0 Å². The van der Waals surface area contributed by atoms with Crippen LogP contribution in [0.5, 0.6) is 23.1 Å². The molecule has 0 unspecified atom stereocenters. The molecular formula is C22H21N3O7S. The lowest BCUT2D eigenvalue weighted by Gasteiger charge is -2.16. The molecule has 172 valence electrons. The van der Waals surface area contributed by atoms with E-state index in [2.05, 4.69) is 14.9 Å². The van der Waals surface area contributed by atoms with E-state index < -0.39 is 10.0 Å². The minimum absolute atomic E-state index is 0.0156. The maximum atomic E-state index is 13.4. The highest BCUT2D eigenvalue weighted by Gasteiger charge is 2.28. The molecule has 0 aliphatic heterocycles. The van der Waals surface area contributed by atoms with Crippen molar-refractivity contribution in [2.45, 2.75) is 11.5 Å². The quantitative estimate of drug-likeness (QED) is 0.390. The second-order valence-corrected chi connectivity index (χ2v) is 8.37. The Balaban J connectivity index is 1.70. The summed E-state index contributed by atoms with van der Waals surface area (Å²) in [5.41, 5.74) is 1.11. The number of rotatable bonds is 9. The summed E-state index contributed by atoms with van der Waals surface area (Å²) in [6.07, 6.45) is 1.57. The van der Waals surface area contributed by atoms with E-state index in [1.807, 2.05) is 0 Å². The minimum Gasteiger partial charge on any atom is -0.496 e. The van der Waals surface area contributed by atoms with Crippen molar-refractivity contribution < 1.29 is 31.9 Å². The maximum absolute atomic E-state index is 13.4. The van der Waals surface area contributed by atoms with E-state index in [1.54, 1.807) is 42.6 Å². The fourth-order valence-corrected chi connectivity index (χ4v) is 4.53. The molecule has 4 rings (SSSR count). The van der Waals surface area contributed by atoms with Gasteiger partial charge < -0.3 is 23.5 Å². The summed E-state index contributed by atoms with van der Waals surface area (Å²) in [5.74, 6) is 1.01. The lowest BCUT2D eigenvalue weighted by atomic mass is 10.2. The van der Waals surface area contributed by atoms with Gasteiger partial charge in [-0.3, -0.25) is 4.72 Å². The number of hydrogen-bond acceptors (Lipinski definition) is 9. The van der Waals surface area contributed by atoms with Gasteiger partial charge in [-0.25, -0.2) is 13.4 Å². The van der Waals surface area contributed by atoms with Gasteiger partial charge >= 0.3 is 0 Å². The Hall–Kier alpha value is -3.99. The summed E-state index contributed by atoms with van der Waals surface area (Å²) in [6.45, 7) is 0.0787. The topological polar surface area (TPSA) is 122 Å². The van der Waals surface area contributed by atoms with Gasteiger partial charge in [0.2, 0.25) is 5.88 Å². The first-order valence-corrected chi connectivity index (χ1v) is 11.2. The number of hydrogen-bond donors (Lipinski definition) is 1. The zero-order chi connectivity index (χ0) is 23.4. The van der Waals surface area contributed by atoms with Crippen molar-refractivity contribution in [3.63, 3.8) is 0 Å². The summed E-state index contributed by atoms with van der Waals surface area (Å²) < 4.78 is 56.2. The molecule has 1 N–H and O–H groups in total. The molecule has 33 heavy (non-hydrogen) atoms. The predicted molar refractivity (Wildman–Crippen MR) is 119 cm³/mol. The number of pyridine rings is 1. The molecule has 0 atom stereocenters. The molecule has 11 heteroatoms. The third kappa shape index (κ3) is 4.48. The van der Waals surface area contributed by atoms with E-state index in [9.17, 15) is 8.42 Å². The Morgan fingerprint density at radius 3 is 2.42 bits per heavy atom. The molecule has 0 saturated heterocycles. The Morgan fingerprint density at radius 1 is 0.939 bits per heavy atom. The van der Waals surface area contributed by atoms with Crippen LogP contribution in [-0.4, -0.2) is 39.9 Å². The van der Waals surface area contributed by atoms with E-state index in [0.29, 0.717) is 22.6 Å². The third-order valence-corrected chi connectivity index (χ3v) is 6.15. The highest BCUT2D eigenvalue weighted by atomic mass is 32.2. The number of fused-ring (bicyclic) bond motifs is 1. The van der Waals surface area contributed by atoms with Crippen molar-refractivity contribution in [3.8, 4) is 23.1 Å². The standard InChI is InChI=1S/C22H21N3O7S/c1-28-15-6-4-7-16-20(15)22(24-32-16)25-33(26,27)21-17(29-2)8-5-9-18(21)31-13-14-10-11-23-19(12-14)30-3/h4-12H,13H2,1-3H3,(H,24,25). The number of anilines is 1. The summed E-state index contributed by atoms with van der Waals surface area (Å²) in [6, 6.07) is 13.2. The first-order valence-electron chi connectivity index (χ1n) is 9.70. The van der Waals surface area contributed by atoms with Crippen LogP contribution in [0.2, 0.25) is 0 Å². The maximum Gasteiger partial charge on any atom is 0.270 e. The number of ether oxygens (including phenoxy) is 4. The molecular weight excluding hydrogens is 450 g/mol. The van der Waals surface area contributed by atoms with Crippen LogP contribution in [0.4, 0.5) is 5.82 Å². The molecule has 4 aromatic rings. The number of methoxy groups -OCH3 is 3. The average molecular weight is 471 g/mol. The number of benzene rings is 2. The van der Waals surface area contributed by atoms with E-state index in [1.165, 1.54) is 33.5 Å².